The van der Waals surface area contributed by atoms with E-state index in [4.69, 9.17) is 0 Å². The highest BCUT2D eigenvalue weighted by Gasteiger charge is 2.14. The quantitative estimate of drug-likeness (QED) is 0.641. The minimum absolute atomic E-state index is 0.130. The number of rotatable bonds is 6. The fourth-order valence-corrected chi connectivity index (χ4v) is 4.50. The van der Waals surface area contributed by atoms with E-state index >= 15 is 0 Å². The zero-order valence-corrected chi connectivity index (χ0v) is 16.2. The minimum atomic E-state index is 0.130. The molecular formula is C21H26N2OS. The van der Waals surface area contributed by atoms with Gasteiger partial charge in [-0.05, 0) is 50.7 Å². The first-order chi connectivity index (χ1) is 12.0. The number of nitrogens with zero attached hydrogens (tertiary/aromatic N) is 1. The van der Waals surface area contributed by atoms with Crippen molar-refractivity contribution in [3.05, 3.63) is 52.2 Å². The van der Waals surface area contributed by atoms with Gasteiger partial charge in [0.05, 0.1) is 5.39 Å². The van der Waals surface area contributed by atoms with Gasteiger partial charge in [-0.2, -0.15) is 0 Å². The zero-order valence-electron chi connectivity index (χ0n) is 15.4. The Labute approximate surface area is 153 Å². The second kappa shape index (κ2) is 7.54. The minimum Gasteiger partial charge on any atom is -0.381 e. The lowest BCUT2D eigenvalue weighted by Gasteiger charge is -2.24. The number of likely N-dealkylation sites (N-methyl/N-ethyl adjacent to an activating group) is 1. The van der Waals surface area contributed by atoms with Crippen molar-refractivity contribution < 1.29 is 0 Å². The summed E-state index contributed by atoms with van der Waals surface area (Å²) in [7, 11) is 0. The Hall–Kier alpha value is -1.91. The Morgan fingerprint density at radius 3 is 2.56 bits per heavy atom. The summed E-state index contributed by atoms with van der Waals surface area (Å²) in [6.07, 6.45) is 0. The molecule has 0 spiro atoms. The van der Waals surface area contributed by atoms with Gasteiger partial charge in [0, 0.05) is 33.1 Å². The van der Waals surface area contributed by atoms with Gasteiger partial charge in [-0.3, -0.25) is 4.79 Å². The maximum atomic E-state index is 13.1. The zero-order chi connectivity index (χ0) is 18.0. The lowest BCUT2D eigenvalue weighted by molar-refractivity contribution is 0.295. The third kappa shape index (κ3) is 3.55. The van der Waals surface area contributed by atoms with Crippen LogP contribution in [-0.2, 0) is 0 Å². The van der Waals surface area contributed by atoms with Gasteiger partial charge in [-0.15, -0.1) is 11.3 Å². The SMILES string of the molecule is CCN(CC)C[C@@H](C)Nc1ccc(C)c2sc3ccccc3c(=O)c12. The van der Waals surface area contributed by atoms with Crippen molar-refractivity contribution in [3.63, 3.8) is 0 Å². The standard InChI is InChI=1S/C21H26N2OS/c1-5-23(6-2)13-15(4)22-17-12-11-14(3)21-19(17)20(24)16-9-7-8-10-18(16)25-21/h7-12,15,22H,5-6,13H2,1-4H3/t15-/m1/s1. The summed E-state index contributed by atoms with van der Waals surface area (Å²) >= 11 is 1.71. The molecule has 1 atom stereocenters. The van der Waals surface area contributed by atoms with Crippen molar-refractivity contribution >= 4 is 37.2 Å². The van der Waals surface area contributed by atoms with Crippen LogP contribution in [0.25, 0.3) is 20.2 Å². The van der Waals surface area contributed by atoms with Crippen molar-refractivity contribution in [3.8, 4) is 0 Å². The molecule has 2 aromatic carbocycles. The average Bonchev–Trinajstić information content (AvgIpc) is 2.62. The highest BCUT2D eigenvalue weighted by molar-refractivity contribution is 7.24. The van der Waals surface area contributed by atoms with Crippen LogP contribution in [0.4, 0.5) is 5.69 Å². The third-order valence-corrected chi connectivity index (χ3v) is 6.06. The molecular weight excluding hydrogens is 328 g/mol. The van der Waals surface area contributed by atoms with Gasteiger partial charge in [-0.25, -0.2) is 0 Å². The molecule has 0 fully saturated rings. The van der Waals surface area contributed by atoms with Crippen molar-refractivity contribution in [2.75, 3.05) is 25.0 Å². The summed E-state index contributed by atoms with van der Waals surface area (Å²) in [6, 6.07) is 12.3. The van der Waals surface area contributed by atoms with E-state index < -0.39 is 0 Å². The smallest absolute Gasteiger partial charge is 0.197 e. The maximum absolute atomic E-state index is 13.1. The fourth-order valence-electron chi connectivity index (χ4n) is 3.33. The number of fused-ring (bicyclic) bond motifs is 2. The number of hydrogen-bond donors (Lipinski definition) is 1. The molecule has 0 bridgehead atoms. The van der Waals surface area contributed by atoms with Gasteiger partial charge in [-0.1, -0.05) is 32.0 Å². The summed E-state index contributed by atoms with van der Waals surface area (Å²) in [5.74, 6) is 0. The Kier molecular flexibility index (Phi) is 5.40. The van der Waals surface area contributed by atoms with Crippen molar-refractivity contribution in [1.82, 2.24) is 4.90 Å². The molecule has 0 aliphatic carbocycles. The molecule has 0 unspecified atom stereocenters. The van der Waals surface area contributed by atoms with Crippen LogP contribution < -0.4 is 10.7 Å². The number of aryl methyl sites for hydroxylation is 1. The molecule has 1 N–H and O–H groups in total. The fraction of sp³-hybridized carbons (Fsp3) is 0.381. The first-order valence-corrected chi connectivity index (χ1v) is 9.80. The average molecular weight is 355 g/mol. The van der Waals surface area contributed by atoms with E-state index in [1.165, 1.54) is 0 Å². The molecule has 0 aliphatic heterocycles. The highest BCUT2D eigenvalue weighted by atomic mass is 32.1. The van der Waals surface area contributed by atoms with E-state index in [9.17, 15) is 4.79 Å². The topological polar surface area (TPSA) is 32.3 Å². The van der Waals surface area contributed by atoms with Gasteiger partial charge in [0.25, 0.3) is 0 Å². The molecule has 3 aromatic rings. The van der Waals surface area contributed by atoms with Gasteiger partial charge >= 0.3 is 0 Å². The monoisotopic (exact) mass is 354 g/mol. The van der Waals surface area contributed by atoms with Crippen LogP contribution in [0.2, 0.25) is 0 Å². The second-order valence-corrected chi connectivity index (χ2v) is 7.64. The molecule has 4 heteroatoms. The molecule has 0 amide bonds. The predicted molar refractivity (Wildman–Crippen MR) is 111 cm³/mol. The van der Waals surface area contributed by atoms with Crippen molar-refractivity contribution in [1.29, 1.82) is 0 Å². The van der Waals surface area contributed by atoms with E-state index in [1.54, 1.807) is 11.3 Å². The number of hydrogen-bond acceptors (Lipinski definition) is 4. The highest BCUT2D eigenvalue weighted by Crippen LogP contribution is 2.31. The van der Waals surface area contributed by atoms with Crippen LogP contribution in [-0.4, -0.2) is 30.6 Å². The molecule has 0 aliphatic rings. The van der Waals surface area contributed by atoms with Crippen LogP contribution in [0.1, 0.15) is 26.3 Å². The lowest BCUT2D eigenvalue weighted by Crippen LogP contribution is -2.34. The van der Waals surface area contributed by atoms with Crippen molar-refractivity contribution in [2.24, 2.45) is 0 Å². The largest absolute Gasteiger partial charge is 0.381 e. The summed E-state index contributed by atoms with van der Waals surface area (Å²) in [4.78, 5) is 15.5. The van der Waals surface area contributed by atoms with Crippen LogP contribution in [0.15, 0.2) is 41.2 Å². The van der Waals surface area contributed by atoms with Gasteiger partial charge in [0.1, 0.15) is 0 Å². The number of nitrogens with one attached hydrogen (secondary N) is 1. The number of anilines is 1. The molecule has 0 radical (unpaired) electrons. The van der Waals surface area contributed by atoms with Gasteiger partial charge in [0.15, 0.2) is 5.43 Å². The Morgan fingerprint density at radius 1 is 1.12 bits per heavy atom. The molecule has 1 heterocycles. The Bertz CT molecular complexity index is 944. The molecule has 132 valence electrons. The van der Waals surface area contributed by atoms with E-state index in [1.807, 2.05) is 24.3 Å². The van der Waals surface area contributed by atoms with Crippen LogP contribution in [0.5, 0.6) is 0 Å². The summed E-state index contributed by atoms with van der Waals surface area (Å²) in [5, 5.41) is 5.22. The van der Waals surface area contributed by atoms with E-state index in [0.717, 1.165) is 51.1 Å². The molecule has 0 saturated carbocycles. The van der Waals surface area contributed by atoms with Crippen LogP contribution >= 0.6 is 11.3 Å². The first-order valence-electron chi connectivity index (χ1n) is 8.99. The van der Waals surface area contributed by atoms with E-state index in [0.29, 0.717) is 0 Å². The molecule has 3 nitrogen and oxygen atoms in total. The first kappa shape index (κ1) is 17.9. The van der Waals surface area contributed by atoms with E-state index in [-0.39, 0.29) is 11.5 Å². The summed E-state index contributed by atoms with van der Waals surface area (Å²) < 4.78 is 2.14. The van der Waals surface area contributed by atoms with Gasteiger partial charge < -0.3 is 10.2 Å². The molecule has 0 saturated heterocycles. The Balaban J connectivity index is 2.08. The van der Waals surface area contributed by atoms with Gasteiger partial charge in [0.2, 0.25) is 0 Å². The third-order valence-electron chi connectivity index (χ3n) is 4.75. The van der Waals surface area contributed by atoms with Crippen LogP contribution in [0, 0.1) is 6.92 Å². The number of benzene rings is 2. The Morgan fingerprint density at radius 2 is 1.84 bits per heavy atom. The molecule has 3 rings (SSSR count). The molecule has 1 aromatic heterocycles. The van der Waals surface area contributed by atoms with Crippen LogP contribution in [0.3, 0.4) is 0 Å². The maximum Gasteiger partial charge on any atom is 0.197 e. The van der Waals surface area contributed by atoms with E-state index in [2.05, 4.69) is 50.0 Å². The summed E-state index contributed by atoms with van der Waals surface area (Å²) in [5.41, 5.74) is 2.24. The summed E-state index contributed by atoms with van der Waals surface area (Å²) in [6.45, 7) is 11.7. The normalized spacial score (nSPS) is 12.8. The van der Waals surface area contributed by atoms with Crippen molar-refractivity contribution in [2.45, 2.75) is 33.7 Å². The second-order valence-electron chi connectivity index (χ2n) is 6.59. The lowest BCUT2D eigenvalue weighted by atomic mass is 10.1. The molecule has 25 heavy (non-hydrogen) atoms. The predicted octanol–water partition coefficient (Wildman–Crippen LogP) is 4.87.